The van der Waals surface area contributed by atoms with E-state index < -0.39 is 12.0 Å². The number of hydrogen-bond acceptors (Lipinski definition) is 10. The predicted octanol–water partition coefficient (Wildman–Crippen LogP) is 5.29. The number of halogens is 2. The fourth-order valence-corrected chi connectivity index (χ4v) is 8.03. The molecule has 53 heavy (non-hydrogen) atoms. The Labute approximate surface area is 318 Å². The van der Waals surface area contributed by atoms with Crippen LogP contribution in [0.1, 0.15) is 35.0 Å². The number of aliphatic hydroxyl groups excluding tert-OH is 1. The Kier molecular flexibility index (Phi) is 10.9. The van der Waals surface area contributed by atoms with Crippen molar-refractivity contribution in [3.8, 4) is 34.0 Å². The number of hydrogen-bond donors (Lipinski definition) is 3. The molecule has 0 radical (unpaired) electrons. The molecule has 2 amide bonds. The average Bonchev–Trinajstić information content (AvgIpc) is 3.12. The molecule has 2 aromatic carbocycles. The summed E-state index contributed by atoms with van der Waals surface area (Å²) in [6.07, 6.45) is 1.68. The molecule has 3 saturated heterocycles. The van der Waals surface area contributed by atoms with Crippen molar-refractivity contribution in [2.45, 2.75) is 38.6 Å². The second kappa shape index (κ2) is 15.6. The van der Waals surface area contributed by atoms with Crippen LogP contribution in [0.2, 0.25) is 10.0 Å². The second-order valence-corrected chi connectivity index (χ2v) is 14.7. The van der Waals surface area contributed by atoms with Crippen molar-refractivity contribution >= 4 is 40.7 Å². The molecule has 0 unspecified atom stereocenters. The van der Waals surface area contributed by atoms with Crippen LogP contribution in [-0.4, -0.2) is 102 Å². The molecule has 1 spiro atoms. The van der Waals surface area contributed by atoms with Gasteiger partial charge < -0.3 is 34.9 Å². The maximum atomic E-state index is 13.4. The third kappa shape index (κ3) is 7.71. The van der Waals surface area contributed by atoms with Gasteiger partial charge in [-0.05, 0) is 18.6 Å². The van der Waals surface area contributed by atoms with Crippen LogP contribution in [0.3, 0.4) is 0 Å². The van der Waals surface area contributed by atoms with E-state index in [-0.39, 0.29) is 23.1 Å². The molecule has 278 valence electrons. The number of benzene rings is 2. The van der Waals surface area contributed by atoms with Gasteiger partial charge in [0, 0.05) is 104 Å². The maximum absolute atomic E-state index is 13.4. The van der Waals surface area contributed by atoms with Gasteiger partial charge in [-0.25, -0.2) is 4.98 Å². The molecule has 4 aromatic rings. The van der Waals surface area contributed by atoms with E-state index in [0.717, 1.165) is 37.3 Å². The Morgan fingerprint density at radius 1 is 0.981 bits per heavy atom. The van der Waals surface area contributed by atoms with Gasteiger partial charge in [0.1, 0.15) is 11.4 Å². The smallest absolute Gasteiger partial charge is 0.274 e. The lowest BCUT2D eigenvalue weighted by molar-refractivity contribution is -0.157. The van der Waals surface area contributed by atoms with E-state index in [0.29, 0.717) is 82.5 Å². The van der Waals surface area contributed by atoms with Crippen molar-refractivity contribution in [2.24, 2.45) is 5.41 Å². The zero-order valence-electron chi connectivity index (χ0n) is 29.8. The fourth-order valence-electron chi connectivity index (χ4n) is 7.43. The predicted molar refractivity (Wildman–Crippen MR) is 202 cm³/mol. The summed E-state index contributed by atoms with van der Waals surface area (Å²) >= 11 is 14.0. The molecule has 3 aliphatic rings. The van der Waals surface area contributed by atoms with E-state index in [1.54, 1.807) is 38.4 Å². The fraction of sp³-hybridized carbons (Fsp3) is 0.385. The van der Waals surface area contributed by atoms with Crippen LogP contribution in [0.4, 0.5) is 5.69 Å². The highest BCUT2D eigenvalue weighted by Crippen LogP contribution is 2.43. The molecule has 2 atom stereocenters. The van der Waals surface area contributed by atoms with Crippen LogP contribution in [0.15, 0.2) is 60.8 Å². The molecule has 0 aliphatic carbocycles. The lowest BCUT2D eigenvalue weighted by Gasteiger charge is -2.60. The zero-order chi connectivity index (χ0) is 37.3. The number of rotatable bonds is 11. The summed E-state index contributed by atoms with van der Waals surface area (Å²) < 4.78 is 16.6. The molecular weight excluding hydrogens is 719 g/mol. The molecule has 2 aromatic heterocycles. The second-order valence-electron chi connectivity index (χ2n) is 14.0. The Morgan fingerprint density at radius 3 is 2.43 bits per heavy atom. The van der Waals surface area contributed by atoms with E-state index in [9.17, 15) is 14.7 Å². The van der Waals surface area contributed by atoms with E-state index in [1.165, 1.54) is 7.11 Å². The van der Waals surface area contributed by atoms with Crippen molar-refractivity contribution in [2.75, 3.05) is 58.9 Å². The number of nitrogens with one attached hydrogen (secondary N) is 2. The highest BCUT2D eigenvalue weighted by atomic mass is 35.5. The molecule has 3 fully saturated rings. The first-order valence-corrected chi connectivity index (χ1v) is 18.3. The van der Waals surface area contributed by atoms with Crippen LogP contribution >= 0.6 is 23.2 Å². The van der Waals surface area contributed by atoms with Crippen LogP contribution < -0.4 is 20.1 Å². The number of carbonyl (C=O) groups is 2. The minimum atomic E-state index is -0.596. The molecule has 14 heteroatoms. The summed E-state index contributed by atoms with van der Waals surface area (Å²) in [5.74, 6) is 0.692. The van der Waals surface area contributed by atoms with Crippen LogP contribution in [0.5, 0.6) is 11.6 Å². The minimum absolute atomic E-state index is 0.108. The zero-order valence-corrected chi connectivity index (χ0v) is 31.3. The highest BCUT2D eigenvalue weighted by molar-refractivity contribution is 6.39. The van der Waals surface area contributed by atoms with Crippen LogP contribution in [-0.2, 0) is 22.6 Å². The van der Waals surface area contributed by atoms with Gasteiger partial charge in [-0.1, -0.05) is 59.6 Å². The van der Waals surface area contributed by atoms with Crippen molar-refractivity contribution < 1.29 is 28.9 Å². The molecular formula is C39H42Cl2N6O6. The first-order chi connectivity index (χ1) is 25.6. The Balaban J connectivity index is 1.04. The standard InChI is InChI=1S/C39H42Cl2N6O6/c1-23(48)47-21-39(22-47)19-46(20-39)17-24-10-11-29(45-38(24)52-3)28-8-4-6-26(35(28)40)27-7-5-9-31(36(27)41)44-37(50)32-14-34(51-2)25(16-43-32)15-42-30-12-13-53-18-33(30)49/h4-11,14,16,30,33,42,49H,12-13,15,17-22H2,1-3H3,(H,44,50)/t30-,33-/m1/s1. The molecule has 0 bridgehead atoms. The van der Waals surface area contributed by atoms with E-state index in [4.69, 9.17) is 42.4 Å². The van der Waals surface area contributed by atoms with E-state index >= 15 is 0 Å². The van der Waals surface area contributed by atoms with Crippen molar-refractivity contribution in [1.29, 1.82) is 0 Å². The quantitative estimate of drug-likeness (QED) is 0.185. The molecule has 0 saturated carbocycles. The number of pyridine rings is 2. The SMILES string of the molecule is COc1cc(C(=O)Nc2cccc(-c3cccc(-c4ccc(CN5CC6(C5)CN(C(C)=O)C6)c(OC)n4)c3Cl)c2Cl)ncc1CN[C@@H]1CCOC[C@H]1O. The number of ether oxygens (including phenoxy) is 3. The van der Waals surface area contributed by atoms with Crippen LogP contribution in [0.25, 0.3) is 22.4 Å². The third-order valence-corrected chi connectivity index (χ3v) is 11.0. The number of carbonyl (C=O) groups excluding carboxylic acids is 2. The Hall–Kier alpha value is -4.30. The van der Waals surface area contributed by atoms with Gasteiger partial charge in [0.15, 0.2) is 0 Å². The summed E-state index contributed by atoms with van der Waals surface area (Å²) in [5, 5.41) is 17.2. The normalized spacial score (nSPS) is 19.3. The number of aliphatic hydroxyl groups is 1. The van der Waals surface area contributed by atoms with Gasteiger partial charge in [-0.15, -0.1) is 0 Å². The van der Waals surface area contributed by atoms with Gasteiger partial charge in [0.25, 0.3) is 5.91 Å². The van der Waals surface area contributed by atoms with Gasteiger partial charge in [-0.3, -0.25) is 19.5 Å². The summed E-state index contributed by atoms with van der Waals surface area (Å²) in [4.78, 5) is 38.5. The number of amides is 2. The summed E-state index contributed by atoms with van der Waals surface area (Å²) in [7, 11) is 3.14. The topological polar surface area (TPSA) is 138 Å². The monoisotopic (exact) mass is 760 g/mol. The third-order valence-electron chi connectivity index (χ3n) is 10.2. The van der Waals surface area contributed by atoms with Crippen molar-refractivity contribution in [3.63, 3.8) is 0 Å². The van der Waals surface area contributed by atoms with Gasteiger partial charge in [0.05, 0.1) is 48.4 Å². The molecule has 7 rings (SSSR count). The molecule has 3 N–H and O–H groups in total. The molecule has 12 nitrogen and oxygen atoms in total. The van der Waals surface area contributed by atoms with Gasteiger partial charge >= 0.3 is 0 Å². The average molecular weight is 762 g/mol. The summed E-state index contributed by atoms with van der Waals surface area (Å²) in [6, 6.07) is 16.4. The maximum Gasteiger partial charge on any atom is 0.274 e. The minimum Gasteiger partial charge on any atom is -0.496 e. The van der Waals surface area contributed by atoms with Crippen molar-refractivity contribution in [1.82, 2.24) is 25.1 Å². The largest absolute Gasteiger partial charge is 0.496 e. The number of methoxy groups -OCH3 is 2. The Morgan fingerprint density at radius 2 is 1.72 bits per heavy atom. The summed E-state index contributed by atoms with van der Waals surface area (Å²) in [5.41, 5.74) is 5.14. The first-order valence-electron chi connectivity index (χ1n) is 17.5. The first kappa shape index (κ1) is 37.0. The van der Waals surface area contributed by atoms with Gasteiger partial charge in [0.2, 0.25) is 11.8 Å². The van der Waals surface area contributed by atoms with Gasteiger partial charge in [-0.2, -0.15) is 0 Å². The Bertz CT molecular complexity index is 2020. The highest BCUT2D eigenvalue weighted by Gasteiger charge is 2.52. The summed E-state index contributed by atoms with van der Waals surface area (Å²) in [6.45, 7) is 7.12. The number of nitrogens with zero attached hydrogens (tertiary/aromatic N) is 4. The van der Waals surface area contributed by atoms with Crippen molar-refractivity contribution in [3.05, 3.63) is 87.7 Å². The number of likely N-dealkylation sites (tertiary alicyclic amines) is 2. The lowest BCUT2D eigenvalue weighted by Crippen LogP contribution is -2.72. The number of anilines is 1. The lowest BCUT2D eigenvalue weighted by atomic mass is 9.72. The van der Waals surface area contributed by atoms with Crippen LogP contribution in [0, 0.1) is 5.41 Å². The van der Waals surface area contributed by atoms with E-state index in [1.807, 2.05) is 41.3 Å². The molecule has 5 heterocycles. The molecule has 3 aliphatic heterocycles. The number of aromatic nitrogens is 2. The van der Waals surface area contributed by atoms with E-state index in [2.05, 4.69) is 20.5 Å².